The van der Waals surface area contributed by atoms with Crippen LogP contribution in [0.15, 0.2) is 28.7 Å². The van der Waals surface area contributed by atoms with E-state index in [9.17, 15) is 9.59 Å². The summed E-state index contributed by atoms with van der Waals surface area (Å²) in [4.78, 5) is 24.5. The molecule has 1 heterocycles. The maximum absolute atomic E-state index is 12.4. The van der Waals surface area contributed by atoms with E-state index in [0.29, 0.717) is 25.1 Å². The molecule has 1 aromatic rings. The summed E-state index contributed by atoms with van der Waals surface area (Å²) in [6.07, 6.45) is 6.64. The molecule has 0 radical (unpaired) electrons. The first kappa shape index (κ1) is 14.6. The van der Waals surface area contributed by atoms with Gasteiger partial charge in [-0.05, 0) is 30.7 Å². The lowest BCUT2D eigenvalue weighted by Gasteiger charge is -2.27. The van der Waals surface area contributed by atoms with Crippen molar-refractivity contribution in [3.8, 4) is 12.3 Å². The molecule has 4 nitrogen and oxygen atoms in total. The fourth-order valence-corrected chi connectivity index (χ4v) is 2.40. The average molecular weight is 335 g/mol. The molecule has 0 aromatic heterocycles. The Bertz CT molecular complexity index is 548. The Kier molecular flexibility index (Phi) is 4.80. The van der Waals surface area contributed by atoms with E-state index < -0.39 is 0 Å². The van der Waals surface area contributed by atoms with Gasteiger partial charge in [0.1, 0.15) is 0 Å². The number of terminal acetylenes is 1. The third kappa shape index (κ3) is 3.20. The van der Waals surface area contributed by atoms with Gasteiger partial charge in [0.25, 0.3) is 5.91 Å². The number of halogens is 1. The van der Waals surface area contributed by atoms with Crippen molar-refractivity contribution in [3.05, 3.63) is 34.3 Å². The second kappa shape index (κ2) is 6.58. The normalized spacial score (nSPS) is 14.2. The van der Waals surface area contributed by atoms with Gasteiger partial charge in [0.15, 0.2) is 0 Å². The molecular weight excluding hydrogens is 320 g/mol. The molecule has 104 valence electrons. The molecular formula is C15H15BrN2O2. The topological polar surface area (TPSA) is 40.6 Å². The van der Waals surface area contributed by atoms with Gasteiger partial charge in [0, 0.05) is 36.0 Å². The first-order valence-electron chi connectivity index (χ1n) is 6.44. The van der Waals surface area contributed by atoms with E-state index in [4.69, 9.17) is 6.42 Å². The summed E-state index contributed by atoms with van der Waals surface area (Å²) < 4.78 is 0.914. The number of rotatable bonds is 3. The molecule has 0 bridgehead atoms. The number of hydrazine groups is 1. The molecule has 0 unspecified atom stereocenters. The van der Waals surface area contributed by atoms with Crippen LogP contribution in [0.4, 0.5) is 0 Å². The highest BCUT2D eigenvalue weighted by Gasteiger charge is 2.30. The highest BCUT2D eigenvalue weighted by Crippen LogP contribution is 2.18. The van der Waals surface area contributed by atoms with E-state index >= 15 is 0 Å². The quantitative estimate of drug-likeness (QED) is 0.796. The third-order valence-corrected chi connectivity index (χ3v) is 3.66. The molecule has 0 atom stereocenters. The van der Waals surface area contributed by atoms with Crippen LogP contribution >= 0.6 is 15.9 Å². The number of amides is 2. The van der Waals surface area contributed by atoms with Gasteiger partial charge in [0.05, 0.1) is 0 Å². The van der Waals surface area contributed by atoms with Crippen molar-refractivity contribution >= 4 is 27.7 Å². The molecule has 1 saturated heterocycles. The highest BCUT2D eigenvalue weighted by molar-refractivity contribution is 9.10. The average Bonchev–Trinajstić information content (AvgIpc) is 2.94. The van der Waals surface area contributed by atoms with Crippen LogP contribution in [0.2, 0.25) is 0 Å². The minimum Gasteiger partial charge on any atom is -0.273 e. The van der Waals surface area contributed by atoms with E-state index in [-0.39, 0.29) is 18.2 Å². The van der Waals surface area contributed by atoms with Crippen molar-refractivity contribution < 1.29 is 9.59 Å². The van der Waals surface area contributed by atoms with Crippen LogP contribution in [0.1, 0.15) is 29.6 Å². The molecule has 2 rings (SSSR count). The van der Waals surface area contributed by atoms with Crippen LogP contribution in [-0.2, 0) is 4.79 Å². The molecule has 1 aliphatic rings. The fraction of sp³-hybridized carbons (Fsp3) is 0.333. The van der Waals surface area contributed by atoms with Gasteiger partial charge in [-0.2, -0.15) is 0 Å². The Hall–Kier alpha value is -1.80. The van der Waals surface area contributed by atoms with E-state index in [2.05, 4.69) is 21.9 Å². The Morgan fingerprint density at radius 3 is 2.50 bits per heavy atom. The monoisotopic (exact) mass is 334 g/mol. The minimum absolute atomic E-state index is 0.0917. The van der Waals surface area contributed by atoms with Gasteiger partial charge in [-0.15, -0.1) is 12.3 Å². The van der Waals surface area contributed by atoms with Crippen LogP contribution in [0.3, 0.4) is 0 Å². The lowest BCUT2D eigenvalue weighted by molar-refractivity contribution is -0.140. The van der Waals surface area contributed by atoms with Crippen molar-refractivity contribution in [1.29, 1.82) is 0 Å². The first-order valence-corrected chi connectivity index (χ1v) is 7.24. The molecule has 0 saturated carbocycles. The van der Waals surface area contributed by atoms with Gasteiger partial charge >= 0.3 is 0 Å². The second-order valence-corrected chi connectivity index (χ2v) is 5.43. The summed E-state index contributed by atoms with van der Waals surface area (Å²) in [6.45, 7) is 1.14. The zero-order valence-corrected chi connectivity index (χ0v) is 12.6. The Labute approximate surface area is 126 Å². The highest BCUT2D eigenvalue weighted by atomic mass is 79.9. The number of carbonyl (C=O) groups excluding carboxylic acids is 2. The van der Waals surface area contributed by atoms with Gasteiger partial charge in [-0.25, -0.2) is 5.01 Å². The molecule has 0 spiro atoms. The van der Waals surface area contributed by atoms with Crippen LogP contribution in [0.25, 0.3) is 0 Å². The molecule has 1 aromatic carbocycles. The van der Waals surface area contributed by atoms with E-state index in [1.54, 1.807) is 12.1 Å². The molecule has 5 heteroatoms. The largest absolute Gasteiger partial charge is 0.273 e. The zero-order valence-electron chi connectivity index (χ0n) is 11.0. The molecule has 0 N–H and O–H groups in total. The summed E-state index contributed by atoms with van der Waals surface area (Å²) in [5, 5.41) is 3.03. The maximum atomic E-state index is 12.4. The lowest BCUT2D eigenvalue weighted by Crippen LogP contribution is -2.44. The Balaban J connectivity index is 2.10. The Morgan fingerprint density at radius 2 is 1.85 bits per heavy atom. The van der Waals surface area contributed by atoms with Crippen LogP contribution in [0.5, 0.6) is 0 Å². The lowest BCUT2D eigenvalue weighted by atomic mass is 10.2. The van der Waals surface area contributed by atoms with Gasteiger partial charge in [0.2, 0.25) is 5.91 Å². The van der Waals surface area contributed by atoms with Gasteiger partial charge in [-0.1, -0.05) is 15.9 Å². The number of benzene rings is 1. The Morgan fingerprint density at radius 1 is 1.20 bits per heavy atom. The smallest absolute Gasteiger partial charge is 0.272 e. The zero-order chi connectivity index (χ0) is 14.5. The summed E-state index contributed by atoms with van der Waals surface area (Å²) in [5.41, 5.74) is 0.574. The van der Waals surface area contributed by atoms with Gasteiger partial charge < -0.3 is 0 Å². The van der Waals surface area contributed by atoms with Gasteiger partial charge in [-0.3, -0.25) is 14.6 Å². The summed E-state index contributed by atoms with van der Waals surface area (Å²) >= 11 is 3.33. The number of hydrogen-bond donors (Lipinski definition) is 0. The maximum Gasteiger partial charge on any atom is 0.272 e. The fourth-order valence-electron chi connectivity index (χ4n) is 2.13. The summed E-state index contributed by atoms with van der Waals surface area (Å²) in [6, 6.07) is 7.12. The number of hydrogen-bond acceptors (Lipinski definition) is 2. The summed E-state index contributed by atoms with van der Waals surface area (Å²) in [7, 11) is 0. The number of nitrogens with zero attached hydrogens (tertiary/aromatic N) is 2. The van der Waals surface area contributed by atoms with E-state index in [1.165, 1.54) is 10.0 Å². The first-order chi connectivity index (χ1) is 9.63. The van der Waals surface area contributed by atoms with Crippen LogP contribution in [0, 0.1) is 12.3 Å². The van der Waals surface area contributed by atoms with Crippen molar-refractivity contribution in [3.63, 3.8) is 0 Å². The summed E-state index contributed by atoms with van der Waals surface area (Å²) in [5.74, 6) is 2.21. The van der Waals surface area contributed by atoms with Crippen molar-refractivity contribution in [2.75, 3.05) is 13.1 Å². The SMILES string of the molecule is C#CCCC(=O)N1CCCN1C(=O)c1ccc(Br)cc1. The molecule has 20 heavy (non-hydrogen) atoms. The van der Waals surface area contributed by atoms with Crippen LogP contribution in [-0.4, -0.2) is 34.9 Å². The number of carbonyl (C=O) groups is 2. The molecule has 1 aliphatic heterocycles. The molecule has 0 aliphatic carbocycles. The second-order valence-electron chi connectivity index (χ2n) is 4.51. The third-order valence-electron chi connectivity index (χ3n) is 3.13. The molecule has 1 fully saturated rings. The van der Waals surface area contributed by atoms with Crippen LogP contribution < -0.4 is 0 Å². The predicted molar refractivity (Wildman–Crippen MR) is 79.6 cm³/mol. The standard InChI is InChI=1S/C15H15BrN2O2/c1-2-3-5-14(19)17-10-4-11-18(17)15(20)12-6-8-13(16)9-7-12/h1,6-9H,3-5,10-11H2. The van der Waals surface area contributed by atoms with E-state index in [1.807, 2.05) is 12.1 Å². The van der Waals surface area contributed by atoms with E-state index in [0.717, 1.165) is 10.9 Å². The predicted octanol–water partition coefficient (Wildman–Crippen LogP) is 2.45. The molecule has 2 amide bonds. The minimum atomic E-state index is -0.149. The van der Waals surface area contributed by atoms with Crippen molar-refractivity contribution in [2.45, 2.75) is 19.3 Å². The van der Waals surface area contributed by atoms with Crippen molar-refractivity contribution in [1.82, 2.24) is 10.0 Å². The van der Waals surface area contributed by atoms with Crippen molar-refractivity contribution in [2.24, 2.45) is 0 Å².